The number of ether oxygens (including phenoxy) is 2. The topological polar surface area (TPSA) is 61.5 Å². The highest BCUT2D eigenvalue weighted by Gasteiger charge is 2.09. The molecule has 2 N–H and O–H groups in total. The molecule has 0 saturated heterocycles. The molecule has 0 saturated carbocycles. The summed E-state index contributed by atoms with van der Waals surface area (Å²) in [7, 11) is 0. The minimum absolute atomic E-state index is 0.0759. The van der Waals surface area contributed by atoms with Crippen molar-refractivity contribution in [3.8, 4) is 5.75 Å². The van der Waals surface area contributed by atoms with Crippen molar-refractivity contribution in [3.63, 3.8) is 0 Å². The summed E-state index contributed by atoms with van der Waals surface area (Å²) in [4.78, 5) is 11.4. The van der Waals surface area contributed by atoms with Crippen LogP contribution in [-0.2, 0) is 9.53 Å². The fourth-order valence-electron chi connectivity index (χ4n) is 1.50. The quantitative estimate of drug-likeness (QED) is 0.597. The lowest BCUT2D eigenvalue weighted by atomic mass is 10.1. The maximum Gasteiger partial charge on any atom is 0.344 e. The van der Waals surface area contributed by atoms with Crippen LogP contribution >= 0.6 is 0 Å². The van der Waals surface area contributed by atoms with Gasteiger partial charge in [0, 0.05) is 11.6 Å². The van der Waals surface area contributed by atoms with Crippen LogP contribution in [0.15, 0.2) is 24.3 Å². The maximum atomic E-state index is 11.4. The molecule has 0 bridgehead atoms. The molecule has 0 aromatic heterocycles. The third kappa shape index (κ3) is 4.75. The molecule has 0 aliphatic rings. The summed E-state index contributed by atoms with van der Waals surface area (Å²) in [6, 6.07) is 7.31. The highest BCUT2D eigenvalue weighted by Crippen LogP contribution is 2.22. The van der Waals surface area contributed by atoms with Crippen LogP contribution in [0.4, 0.5) is 0 Å². The lowest BCUT2D eigenvalue weighted by molar-refractivity contribution is -0.146. The first-order valence-corrected chi connectivity index (χ1v) is 6.28. The van der Waals surface area contributed by atoms with E-state index in [2.05, 4.69) is 0 Å². The standard InChI is InChI=1S/C14H21NO3/c1-3-4-9-17-14(16)10-18-13-8-6-5-7-12(13)11(2)15/h5-8,11H,3-4,9-10,15H2,1-2H3. The highest BCUT2D eigenvalue weighted by atomic mass is 16.6. The number of para-hydroxylation sites is 1. The van der Waals surface area contributed by atoms with Gasteiger partial charge in [-0.05, 0) is 19.4 Å². The summed E-state index contributed by atoms with van der Waals surface area (Å²) >= 11 is 0. The van der Waals surface area contributed by atoms with Gasteiger partial charge in [0.2, 0.25) is 0 Å². The summed E-state index contributed by atoms with van der Waals surface area (Å²) in [6.07, 6.45) is 1.88. The zero-order valence-electron chi connectivity index (χ0n) is 11.0. The Morgan fingerprint density at radius 2 is 2.11 bits per heavy atom. The van der Waals surface area contributed by atoms with Crippen LogP contribution in [-0.4, -0.2) is 19.2 Å². The van der Waals surface area contributed by atoms with Gasteiger partial charge < -0.3 is 15.2 Å². The van der Waals surface area contributed by atoms with Crippen LogP contribution < -0.4 is 10.5 Å². The number of nitrogens with two attached hydrogens (primary N) is 1. The molecule has 0 aliphatic heterocycles. The molecule has 0 aliphatic carbocycles. The van der Waals surface area contributed by atoms with Gasteiger partial charge in [-0.2, -0.15) is 0 Å². The van der Waals surface area contributed by atoms with Crippen molar-refractivity contribution in [1.82, 2.24) is 0 Å². The van der Waals surface area contributed by atoms with E-state index < -0.39 is 0 Å². The number of hydrogen-bond donors (Lipinski definition) is 1. The van der Waals surface area contributed by atoms with Crippen LogP contribution in [0.25, 0.3) is 0 Å². The van der Waals surface area contributed by atoms with E-state index in [1.165, 1.54) is 0 Å². The van der Waals surface area contributed by atoms with Gasteiger partial charge in [-0.3, -0.25) is 0 Å². The molecule has 4 heteroatoms. The number of carbonyl (C=O) groups is 1. The first-order chi connectivity index (χ1) is 8.65. The summed E-state index contributed by atoms with van der Waals surface area (Å²) < 4.78 is 10.4. The largest absolute Gasteiger partial charge is 0.482 e. The highest BCUT2D eigenvalue weighted by molar-refractivity contribution is 5.71. The van der Waals surface area contributed by atoms with Crippen LogP contribution in [0.1, 0.15) is 38.3 Å². The molecule has 0 heterocycles. The van der Waals surface area contributed by atoms with E-state index in [1.54, 1.807) is 6.07 Å². The molecule has 0 spiro atoms. The molecule has 1 rings (SSSR count). The number of carbonyl (C=O) groups excluding carboxylic acids is 1. The van der Waals surface area contributed by atoms with Gasteiger partial charge in [0.15, 0.2) is 6.61 Å². The average molecular weight is 251 g/mol. The van der Waals surface area contributed by atoms with Crippen molar-refractivity contribution in [2.75, 3.05) is 13.2 Å². The minimum atomic E-state index is -0.345. The van der Waals surface area contributed by atoms with Gasteiger partial charge in [-0.25, -0.2) is 4.79 Å². The molecule has 100 valence electrons. The second-order valence-corrected chi connectivity index (χ2v) is 4.19. The first-order valence-electron chi connectivity index (χ1n) is 6.28. The predicted molar refractivity (Wildman–Crippen MR) is 70.4 cm³/mol. The van der Waals surface area contributed by atoms with E-state index in [4.69, 9.17) is 15.2 Å². The fraction of sp³-hybridized carbons (Fsp3) is 0.500. The fourth-order valence-corrected chi connectivity index (χ4v) is 1.50. The lowest BCUT2D eigenvalue weighted by Crippen LogP contribution is -2.17. The average Bonchev–Trinajstić information content (AvgIpc) is 2.37. The number of rotatable bonds is 7. The van der Waals surface area contributed by atoms with E-state index >= 15 is 0 Å². The van der Waals surface area contributed by atoms with Gasteiger partial charge in [-0.15, -0.1) is 0 Å². The van der Waals surface area contributed by atoms with Gasteiger partial charge in [-0.1, -0.05) is 31.5 Å². The van der Waals surface area contributed by atoms with Gasteiger partial charge in [0.25, 0.3) is 0 Å². The van der Waals surface area contributed by atoms with Crippen LogP contribution in [0.5, 0.6) is 5.75 Å². The van der Waals surface area contributed by atoms with Crippen molar-refractivity contribution in [1.29, 1.82) is 0 Å². The summed E-state index contributed by atoms with van der Waals surface area (Å²) in [5, 5.41) is 0. The van der Waals surface area contributed by atoms with Gasteiger partial charge >= 0.3 is 5.97 Å². The minimum Gasteiger partial charge on any atom is -0.482 e. The maximum absolute atomic E-state index is 11.4. The number of unbranched alkanes of at least 4 members (excludes halogenated alkanes) is 1. The van der Waals surface area contributed by atoms with E-state index in [9.17, 15) is 4.79 Å². The summed E-state index contributed by atoms with van der Waals surface area (Å²) in [6.45, 7) is 4.30. The molecule has 0 radical (unpaired) electrons. The second kappa shape index (κ2) is 7.71. The number of esters is 1. The normalized spacial score (nSPS) is 11.9. The van der Waals surface area contributed by atoms with Crippen molar-refractivity contribution in [2.24, 2.45) is 5.73 Å². The van der Waals surface area contributed by atoms with Crippen molar-refractivity contribution >= 4 is 5.97 Å². The van der Waals surface area contributed by atoms with E-state index in [-0.39, 0.29) is 18.6 Å². The lowest BCUT2D eigenvalue weighted by Gasteiger charge is -2.13. The Hall–Kier alpha value is -1.55. The van der Waals surface area contributed by atoms with Crippen LogP contribution in [0.2, 0.25) is 0 Å². The Labute approximate surface area is 108 Å². The second-order valence-electron chi connectivity index (χ2n) is 4.19. The van der Waals surface area contributed by atoms with Crippen molar-refractivity contribution in [2.45, 2.75) is 32.7 Å². The van der Waals surface area contributed by atoms with Gasteiger partial charge in [0.05, 0.1) is 6.61 Å². The Morgan fingerprint density at radius 3 is 2.78 bits per heavy atom. The zero-order chi connectivity index (χ0) is 13.4. The molecule has 0 amide bonds. The number of benzene rings is 1. The molecule has 0 fully saturated rings. The van der Waals surface area contributed by atoms with E-state index in [0.717, 1.165) is 18.4 Å². The van der Waals surface area contributed by atoms with Crippen LogP contribution in [0, 0.1) is 0 Å². The van der Waals surface area contributed by atoms with Crippen LogP contribution in [0.3, 0.4) is 0 Å². The van der Waals surface area contributed by atoms with Gasteiger partial charge in [0.1, 0.15) is 5.75 Å². The molecule has 18 heavy (non-hydrogen) atoms. The molecular weight excluding hydrogens is 230 g/mol. The zero-order valence-corrected chi connectivity index (χ0v) is 11.0. The van der Waals surface area contributed by atoms with Crippen molar-refractivity contribution in [3.05, 3.63) is 29.8 Å². The Bertz CT molecular complexity index is 377. The smallest absolute Gasteiger partial charge is 0.344 e. The third-order valence-electron chi connectivity index (χ3n) is 2.52. The molecule has 1 unspecified atom stereocenters. The predicted octanol–water partition coefficient (Wildman–Crippen LogP) is 2.43. The third-order valence-corrected chi connectivity index (χ3v) is 2.52. The van der Waals surface area contributed by atoms with E-state index in [0.29, 0.717) is 12.4 Å². The molecular formula is C14H21NO3. The SMILES string of the molecule is CCCCOC(=O)COc1ccccc1C(C)N. The summed E-state index contributed by atoms with van der Waals surface area (Å²) in [5.41, 5.74) is 6.71. The first kappa shape index (κ1) is 14.5. The number of hydrogen-bond acceptors (Lipinski definition) is 4. The van der Waals surface area contributed by atoms with E-state index in [1.807, 2.05) is 32.0 Å². The van der Waals surface area contributed by atoms with Crippen molar-refractivity contribution < 1.29 is 14.3 Å². The Balaban J connectivity index is 2.45. The molecule has 1 aromatic carbocycles. The Morgan fingerprint density at radius 1 is 1.39 bits per heavy atom. The molecule has 4 nitrogen and oxygen atoms in total. The molecule has 1 atom stereocenters. The Kier molecular flexibility index (Phi) is 6.22. The summed E-state index contributed by atoms with van der Waals surface area (Å²) in [5.74, 6) is 0.294. The molecule has 1 aromatic rings. The monoisotopic (exact) mass is 251 g/mol.